The van der Waals surface area contributed by atoms with E-state index in [0.717, 1.165) is 0 Å². The third-order valence-corrected chi connectivity index (χ3v) is 4.81. The van der Waals surface area contributed by atoms with Crippen molar-refractivity contribution in [1.82, 2.24) is 5.32 Å². The Labute approximate surface area is 160 Å². The Bertz CT molecular complexity index is 1020. The van der Waals surface area contributed by atoms with Gasteiger partial charge in [-0.05, 0) is 36.8 Å². The number of hydrogen-bond donors (Lipinski definition) is 3. The van der Waals surface area contributed by atoms with Gasteiger partial charge in [0.05, 0.1) is 9.82 Å². The van der Waals surface area contributed by atoms with E-state index in [9.17, 15) is 28.1 Å². The Morgan fingerprint density at radius 2 is 1.79 bits per heavy atom. The van der Waals surface area contributed by atoms with E-state index in [1.165, 1.54) is 42.5 Å². The molecular weight excluding hydrogens is 388 g/mol. The van der Waals surface area contributed by atoms with Crippen LogP contribution in [-0.2, 0) is 14.8 Å². The highest BCUT2D eigenvalue weighted by molar-refractivity contribution is 7.89. The van der Waals surface area contributed by atoms with Crippen molar-refractivity contribution in [2.24, 2.45) is 5.14 Å². The summed E-state index contributed by atoms with van der Waals surface area (Å²) in [4.78, 5) is 33.9. The van der Waals surface area contributed by atoms with Gasteiger partial charge in [0.25, 0.3) is 11.6 Å². The molecule has 148 valence electrons. The predicted molar refractivity (Wildman–Crippen MR) is 101 cm³/mol. The second kappa shape index (κ2) is 8.59. The molecule has 4 N–H and O–H groups in total. The first-order valence-electron chi connectivity index (χ1n) is 8.04. The number of anilines is 1. The number of sulfonamides is 1. The first kappa shape index (κ1) is 21.0. The van der Waals surface area contributed by atoms with Crippen LogP contribution >= 0.6 is 0 Å². The highest BCUT2D eigenvalue weighted by atomic mass is 32.2. The van der Waals surface area contributed by atoms with Crippen LogP contribution in [-0.4, -0.2) is 31.7 Å². The summed E-state index contributed by atoms with van der Waals surface area (Å²) in [6.07, 6.45) is -0.0582. The Balaban J connectivity index is 1.89. The van der Waals surface area contributed by atoms with E-state index in [-0.39, 0.29) is 34.8 Å². The van der Waals surface area contributed by atoms with Crippen molar-refractivity contribution >= 4 is 33.2 Å². The average molecular weight is 406 g/mol. The smallest absolute Gasteiger partial charge is 0.269 e. The molecule has 0 aliphatic heterocycles. The van der Waals surface area contributed by atoms with Gasteiger partial charge >= 0.3 is 0 Å². The Morgan fingerprint density at radius 3 is 2.36 bits per heavy atom. The lowest BCUT2D eigenvalue weighted by molar-refractivity contribution is -0.384. The molecule has 0 spiro atoms. The van der Waals surface area contributed by atoms with Crippen LogP contribution in [0.2, 0.25) is 0 Å². The fraction of sp³-hybridized carbons (Fsp3) is 0.176. The van der Waals surface area contributed by atoms with E-state index in [1.807, 2.05) is 0 Å². The van der Waals surface area contributed by atoms with E-state index < -0.39 is 26.8 Å². The number of carbonyl (C=O) groups is 2. The largest absolute Gasteiger partial charge is 0.352 e. The Hall–Kier alpha value is -3.31. The van der Waals surface area contributed by atoms with E-state index in [1.54, 1.807) is 6.92 Å². The molecule has 2 rings (SSSR count). The number of non-ortho nitro benzene ring substituents is 1. The molecule has 0 aliphatic carbocycles. The monoisotopic (exact) mass is 406 g/mol. The van der Waals surface area contributed by atoms with Gasteiger partial charge in [-0.15, -0.1) is 0 Å². The number of nitro benzene ring substituents is 1. The third kappa shape index (κ3) is 5.59. The number of nitrogens with two attached hydrogens (primary N) is 1. The maximum atomic E-state index is 12.0. The van der Waals surface area contributed by atoms with Gasteiger partial charge in [0.15, 0.2) is 0 Å². The summed E-state index contributed by atoms with van der Waals surface area (Å²) in [5.74, 6) is -0.914. The normalized spacial score (nSPS) is 10.9. The molecule has 0 fully saturated rings. The van der Waals surface area contributed by atoms with Gasteiger partial charge in [0, 0.05) is 36.3 Å². The summed E-state index contributed by atoms with van der Waals surface area (Å²) in [6, 6.07) is 9.37. The van der Waals surface area contributed by atoms with Gasteiger partial charge in [-0.2, -0.15) is 0 Å². The van der Waals surface area contributed by atoms with Gasteiger partial charge < -0.3 is 10.6 Å². The molecule has 0 saturated carbocycles. The molecule has 10 nitrogen and oxygen atoms in total. The number of amides is 2. The number of benzene rings is 2. The zero-order valence-electron chi connectivity index (χ0n) is 14.8. The number of hydrogen-bond acceptors (Lipinski definition) is 6. The molecular formula is C17H18N4O6S. The molecule has 0 saturated heterocycles. The predicted octanol–water partition coefficient (Wildman–Crippen LogP) is 1.31. The number of nitro groups is 1. The first-order valence-corrected chi connectivity index (χ1v) is 9.58. The van der Waals surface area contributed by atoms with E-state index >= 15 is 0 Å². The molecule has 11 heteroatoms. The van der Waals surface area contributed by atoms with Crippen LogP contribution in [0.25, 0.3) is 0 Å². The quantitative estimate of drug-likeness (QED) is 0.464. The molecule has 0 aromatic heterocycles. The Kier molecular flexibility index (Phi) is 6.44. The maximum Gasteiger partial charge on any atom is 0.269 e. The van der Waals surface area contributed by atoms with E-state index in [4.69, 9.17) is 5.14 Å². The van der Waals surface area contributed by atoms with Crippen LogP contribution in [0.3, 0.4) is 0 Å². The van der Waals surface area contributed by atoms with Crippen molar-refractivity contribution in [2.45, 2.75) is 18.2 Å². The molecule has 0 atom stereocenters. The fourth-order valence-corrected chi connectivity index (χ4v) is 3.14. The lowest BCUT2D eigenvalue weighted by atomic mass is 10.2. The van der Waals surface area contributed by atoms with Crippen molar-refractivity contribution in [3.05, 3.63) is 63.7 Å². The zero-order valence-corrected chi connectivity index (χ0v) is 15.7. The van der Waals surface area contributed by atoms with Crippen LogP contribution in [0.5, 0.6) is 0 Å². The molecule has 0 bridgehead atoms. The number of primary sulfonamides is 1. The molecule has 2 aromatic carbocycles. The molecule has 0 heterocycles. The second-order valence-electron chi connectivity index (χ2n) is 5.88. The third-order valence-electron chi connectivity index (χ3n) is 3.76. The lowest BCUT2D eigenvalue weighted by Crippen LogP contribution is -2.27. The van der Waals surface area contributed by atoms with Crippen LogP contribution < -0.4 is 15.8 Å². The fourth-order valence-electron chi connectivity index (χ4n) is 2.33. The summed E-state index contributed by atoms with van der Waals surface area (Å²) < 4.78 is 23.0. The molecule has 0 aliphatic rings. The van der Waals surface area contributed by atoms with Gasteiger partial charge in [0.1, 0.15) is 0 Å². The minimum Gasteiger partial charge on any atom is -0.352 e. The number of carbonyl (C=O) groups excluding carboxylic acids is 2. The molecule has 0 radical (unpaired) electrons. The van der Waals surface area contributed by atoms with Crippen LogP contribution in [0.4, 0.5) is 11.4 Å². The molecule has 0 unspecified atom stereocenters. The summed E-state index contributed by atoms with van der Waals surface area (Å²) in [5, 5.41) is 20.8. The zero-order chi connectivity index (χ0) is 20.9. The van der Waals surface area contributed by atoms with Gasteiger partial charge in [-0.1, -0.05) is 6.07 Å². The van der Waals surface area contributed by atoms with Gasteiger partial charge in [-0.3, -0.25) is 19.7 Å². The minimum absolute atomic E-state index is 0.0234. The van der Waals surface area contributed by atoms with Gasteiger partial charge in [0.2, 0.25) is 15.9 Å². The van der Waals surface area contributed by atoms with Crippen LogP contribution in [0.15, 0.2) is 47.4 Å². The van der Waals surface area contributed by atoms with E-state index in [0.29, 0.717) is 5.56 Å². The van der Waals surface area contributed by atoms with Crippen molar-refractivity contribution < 1.29 is 22.9 Å². The summed E-state index contributed by atoms with van der Waals surface area (Å²) in [7, 11) is -3.91. The number of nitrogens with zero attached hydrogens (tertiary/aromatic N) is 1. The molecule has 2 aromatic rings. The number of rotatable bonds is 7. The summed E-state index contributed by atoms with van der Waals surface area (Å²) in [5.41, 5.74) is 0.812. The first-order chi connectivity index (χ1) is 13.1. The van der Waals surface area contributed by atoms with Crippen molar-refractivity contribution in [2.75, 3.05) is 11.9 Å². The SMILES string of the molecule is Cc1ccc(NC(=O)CCNC(=O)c2ccc([N+](=O)[O-])cc2)cc1S(N)(=O)=O. The summed E-state index contributed by atoms with van der Waals surface area (Å²) in [6.45, 7) is 1.61. The molecule has 2 amide bonds. The van der Waals surface area contributed by atoms with Gasteiger partial charge in [-0.25, -0.2) is 13.6 Å². The van der Waals surface area contributed by atoms with Crippen molar-refractivity contribution in [3.63, 3.8) is 0 Å². The highest BCUT2D eigenvalue weighted by Crippen LogP contribution is 2.19. The Morgan fingerprint density at radius 1 is 1.14 bits per heavy atom. The second-order valence-corrected chi connectivity index (χ2v) is 7.41. The highest BCUT2D eigenvalue weighted by Gasteiger charge is 2.14. The summed E-state index contributed by atoms with van der Waals surface area (Å²) >= 11 is 0. The van der Waals surface area contributed by atoms with Crippen LogP contribution in [0.1, 0.15) is 22.3 Å². The van der Waals surface area contributed by atoms with Crippen molar-refractivity contribution in [3.8, 4) is 0 Å². The van der Waals surface area contributed by atoms with Crippen LogP contribution in [0, 0.1) is 17.0 Å². The molecule has 28 heavy (non-hydrogen) atoms. The number of aryl methyl sites for hydroxylation is 1. The standard InChI is InChI=1S/C17H18N4O6S/c1-11-2-5-13(10-15(11)28(18,26)27)20-16(22)8-9-19-17(23)12-3-6-14(7-4-12)21(24)25/h2-7,10H,8-9H2,1H3,(H,19,23)(H,20,22)(H2,18,26,27). The topological polar surface area (TPSA) is 162 Å². The minimum atomic E-state index is -3.91. The average Bonchev–Trinajstić information content (AvgIpc) is 2.62. The van der Waals surface area contributed by atoms with Crippen molar-refractivity contribution in [1.29, 1.82) is 0 Å². The van der Waals surface area contributed by atoms with E-state index in [2.05, 4.69) is 10.6 Å². The lowest BCUT2D eigenvalue weighted by Gasteiger charge is -2.09. The number of nitrogens with one attached hydrogen (secondary N) is 2. The maximum absolute atomic E-state index is 12.0.